The highest BCUT2D eigenvalue weighted by molar-refractivity contribution is 5.93. The highest BCUT2D eigenvalue weighted by Crippen LogP contribution is 2.12. The van der Waals surface area contributed by atoms with Crippen LogP contribution in [0.5, 0.6) is 0 Å². The molecule has 1 aromatic carbocycles. The van der Waals surface area contributed by atoms with Gasteiger partial charge in [0.2, 0.25) is 0 Å². The number of nitrogens with one attached hydrogen (secondary N) is 1. The number of aliphatic hydroxyl groups is 1. The van der Waals surface area contributed by atoms with Gasteiger partial charge in [0, 0.05) is 12.7 Å². The Bertz CT molecular complexity index is 600. The summed E-state index contributed by atoms with van der Waals surface area (Å²) in [4.78, 5) is 12.4. The Hall–Kier alpha value is -2.07. The molecule has 0 bridgehead atoms. The Morgan fingerprint density at radius 2 is 1.90 bits per heavy atom. The number of rotatable bonds is 5. The predicted molar refractivity (Wildman–Crippen MR) is 83.2 cm³/mol. The molecule has 0 aliphatic carbocycles. The highest BCUT2D eigenvalue weighted by atomic mass is 16.3. The Labute approximate surface area is 125 Å². The standard InChI is InChI=1S/C17H22N2O2/c1-13(20)17(2,3)18-16(21)15-10-7-11-19(15)12-14-8-5-4-6-9-14/h4-11,13,20H,12H2,1-3H3,(H,18,21). The van der Waals surface area contributed by atoms with Gasteiger partial charge in [0.25, 0.3) is 5.91 Å². The minimum atomic E-state index is -0.668. The molecule has 0 radical (unpaired) electrons. The van der Waals surface area contributed by atoms with Gasteiger partial charge in [-0.15, -0.1) is 0 Å². The first-order valence-electron chi connectivity index (χ1n) is 7.10. The van der Waals surface area contributed by atoms with Gasteiger partial charge in [-0.1, -0.05) is 30.3 Å². The molecule has 0 saturated heterocycles. The van der Waals surface area contributed by atoms with Crippen molar-refractivity contribution < 1.29 is 9.90 Å². The van der Waals surface area contributed by atoms with Gasteiger partial charge in [0.1, 0.15) is 5.69 Å². The van der Waals surface area contributed by atoms with Gasteiger partial charge < -0.3 is 15.0 Å². The first-order valence-corrected chi connectivity index (χ1v) is 7.10. The van der Waals surface area contributed by atoms with E-state index < -0.39 is 11.6 Å². The highest BCUT2D eigenvalue weighted by Gasteiger charge is 2.27. The summed E-state index contributed by atoms with van der Waals surface area (Å²) in [5.74, 6) is -0.179. The number of hydrogen-bond donors (Lipinski definition) is 2. The van der Waals surface area contributed by atoms with Crippen LogP contribution in [0, 0.1) is 0 Å². The summed E-state index contributed by atoms with van der Waals surface area (Å²) >= 11 is 0. The number of benzene rings is 1. The van der Waals surface area contributed by atoms with Gasteiger partial charge >= 0.3 is 0 Å². The molecule has 2 rings (SSSR count). The second-order valence-corrected chi connectivity index (χ2v) is 5.86. The number of carbonyl (C=O) groups excluding carboxylic acids is 1. The molecule has 2 aromatic rings. The summed E-state index contributed by atoms with van der Waals surface area (Å²) in [5.41, 5.74) is 1.06. The lowest BCUT2D eigenvalue weighted by Gasteiger charge is -2.29. The summed E-state index contributed by atoms with van der Waals surface area (Å²) in [6.45, 7) is 5.93. The fourth-order valence-corrected chi connectivity index (χ4v) is 2.00. The second-order valence-electron chi connectivity index (χ2n) is 5.86. The van der Waals surface area contributed by atoms with E-state index in [0.717, 1.165) is 5.56 Å². The monoisotopic (exact) mass is 286 g/mol. The second kappa shape index (κ2) is 6.14. The fourth-order valence-electron chi connectivity index (χ4n) is 2.00. The van der Waals surface area contributed by atoms with E-state index >= 15 is 0 Å². The van der Waals surface area contributed by atoms with Crippen molar-refractivity contribution in [2.24, 2.45) is 0 Å². The van der Waals surface area contributed by atoms with Crippen molar-refractivity contribution in [3.63, 3.8) is 0 Å². The van der Waals surface area contributed by atoms with Gasteiger partial charge in [-0.3, -0.25) is 4.79 Å². The maximum Gasteiger partial charge on any atom is 0.268 e. The molecule has 1 atom stereocenters. The van der Waals surface area contributed by atoms with Crippen molar-refractivity contribution in [3.05, 3.63) is 59.9 Å². The summed E-state index contributed by atoms with van der Waals surface area (Å²) in [6, 6.07) is 13.6. The topological polar surface area (TPSA) is 54.3 Å². The lowest BCUT2D eigenvalue weighted by atomic mass is 9.98. The van der Waals surface area contributed by atoms with Gasteiger partial charge in [-0.2, -0.15) is 0 Å². The summed E-state index contributed by atoms with van der Waals surface area (Å²) < 4.78 is 1.91. The predicted octanol–water partition coefficient (Wildman–Crippen LogP) is 2.43. The molecule has 0 spiro atoms. The Morgan fingerprint density at radius 3 is 2.52 bits per heavy atom. The Balaban J connectivity index is 2.15. The van der Waals surface area contributed by atoms with Crippen LogP contribution in [0.25, 0.3) is 0 Å². The third-order valence-electron chi connectivity index (χ3n) is 3.74. The van der Waals surface area contributed by atoms with Crippen LogP contribution in [0.2, 0.25) is 0 Å². The number of hydrogen-bond acceptors (Lipinski definition) is 2. The molecular formula is C17H22N2O2. The fraction of sp³-hybridized carbons (Fsp3) is 0.353. The van der Waals surface area contributed by atoms with Gasteiger partial charge in [-0.05, 0) is 38.5 Å². The normalized spacial score (nSPS) is 13.0. The zero-order valence-corrected chi connectivity index (χ0v) is 12.7. The zero-order chi connectivity index (χ0) is 15.5. The molecule has 21 heavy (non-hydrogen) atoms. The number of carbonyl (C=O) groups is 1. The average molecular weight is 286 g/mol. The molecular weight excluding hydrogens is 264 g/mol. The third kappa shape index (κ3) is 3.73. The molecule has 0 aliphatic heterocycles. The van der Waals surface area contributed by atoms with Crippen LogP contribution < -0.4 is 5.32 Å². The van der Waals surface area contributed by atoms with Crippen LogP contribution >= 0.6 is 0 Å². The average Bonchev–Trinajstić information content (AvgIpc) is 2.87. The summed E-state index contributed by atoms with van der Waals surface area (Å²) in [5, 5.41) is 12.6. The van der Waals surface area contributed by atoms with Crippen molar-refractivity contribution in [1.82, 2.24) is 9.88 Å². The van der Waals surface area contributed by atoms with E-state index in [4.69, 9.17) is 0 Å². The number of aliphatic hydroxyl groups excluding tert-OH is 1. The Kier molecular flexibility index (Phi) is 4.48. The van der Waals surface area contributed by atoms with Crippen LogP contribution in [0.15, 0.2) is 48.7 Å². The molecule has 112 valence electrons. The molecule has 2 N–H and O–H groups in total. The molecule has 0 aliphatic rings. The minimum absolute atomic E-state index is 0.179. The summed E-state index contributed by atoms with van der Waals surface area (Å²) in [7, 11) is 0. The number of aromatic nitrogens is 1. The van der Waals surface area contributed by atoms with E-state index in [1.807, 2.05) is 47.2 Å². The van der Waals surface area contributed by atoms with Crippen LogP contribution in [0.3, 0.4) is 0 Å². The molecule has 1 amide bonds. The zero-order valence-electron chi connectivity index (χ0n) is 12.7. The Morgan fingerprint density at radius 1 is 1.24 bits per heavy atom. The molecule has 4 heteroatoms. The van der Waals surface area contributed by atoms with Crippen molar-refractivity contribution in [2.45, 2.75) is 39.0 Å². The van der Waals surface area contributed by atoms with Crippen LogP contribution in [-0.2, 0) is 6.54 Å². The van der Waals surface area contributed by atoms with E-state index in [1.54, 1.807) is 26.8 Å². The summed E-state index contributed by atoms with van der Waals surface area (Å²) in [6.07, 6.45) is 1.26. The van der Waals surface area contributed by atoms with Crippen LogP contribution in [0.4, 0.5) is 0 Å². The first-order chi connectivity index (χ1) is 9.90. The molecule has 1 unspecified atom stereocenters. The minimum Gasteiger partial charge on any atom is -0.391 e. The molecule has 0 fully saturated rings. The lowest BCUT2D eigenvalue weighted by Crippen LogP contribution is -2.51. The maximum absolute atomic E-state index is 12.4. The molecule has 1 aromatic heterocycles. The van der Waals surface area contributed by atoms with Crippen LogP contribution in [0.1, 0.15) is 36.8 Å². The van der Waals surface area contributed by atoms with Crippen molar-refractivity contribution in [1.29, 1.82) is 0 Å². The largest absolute Gasteiger partial charge is 0.391 e. The van der Waals surface area contributed by atoms with Gasteiger partial charge in [0.05, 0.1) is 11.6 Å². The van der Waals surface area contributed by atoms with Crippen molar-refractivity contribution in [2.75, 3.05) is 0 Å². The third-order valence-corrected chi connectivity index (χ3v) is 3.74. The van der Waals surface area contributed by atoms with E-state index in [2.05, 4.69) is 5.32 Å². The van der Waals surface area contributed by atoms with E-state index in [9.17, 15) is 9.90 Å². The van der Waals surface area contributed by atoms with Gasteiger partial charge in [-0.25, -0.2) is 0 Å². The number of amides is 1. The SMILES string of the molecule is CC(O)C(C)(C)NC(=O)c1cccn1Cc1ccccc1. The lowest BCUT2D eigenvalue weighted by molar-refractivity contribution is 0.0702. The number of nitrogens with zero attached hydrogens (tertiary/aromatic N) is 1. The quantitative estimate of drug-likeness (QED) is 0.887. The molecule has 1 heterocycles. The molecule has 4 nitrogen and oxygen atoms in total. The smallest absolute Gasteiger partial charge is 0.268 e. The molecule has 0 saturated carbocycles. The van der Waals surface area contributed by atoms with E-state index in [-0.39, 0.29) is 5.91 Å². The van der Waals surface area contributed by atoms with E-state index in [0.29, 0.717) is 12.2 Å². The van der Waals surface area contributed by atoms with Gasteiger partial charge in [0.15, 0.2) is 0 Å². The van der Waals surface area contributed by atoms with Crippen LogP contribution in [-0.4, -0.2) is 27.2 Å². The van der Waals surface area contributed by atoms with Crippen molar-refractivity contribution >= 4 is 5.91 Å². The van der Waals surface area contributed by atoms with E-state index in [1.165, 1.54) is 0 Å². The first kappa shape index (κ1) is 15.3. The maximum atomic E-state index is 12.4. The van der Waals surface area contributed by atoms with Crippen molar-refractivity contribution in [3.8, 4) is 0 Å².